The standard InChI is InChI=1S/C23H18ClN3O/c24-18-7-5-16(6-8-18)14-27-15-20(19-3-1-2-4-22(19)27)23-13-21(26-28-23)17-9-11-25-12-10-17/h1-12,15,23H,13-14H2. The fourth-order valence-corrected chi connectivity index (χ4v) is 3.83. The van der Waals surface area contributed by atoms with Gasteiger partial charge in [-0.3, -0.25) is 4.98 Å². The minimum Gasteiger partial charge on any atom is -0.387 e. The molecule has 0 bridgehead atoms. The van der Waals surface area contributed by atoms with E-state index < -0.39 is 0 Å². The first kappa shape index (κ1) is 17.0. The van der Waals surface area contributed by atoms with Crippen molar-refractivity contribution >= 4 is 28.2 Å². The third kappa shape index (κ3) is 3.16. The second-order valence-corrected chi connectivity index (χ2v) is 7.36. The Balaban J connectivity index is 1.47. The minimum atomic E-state index is -0.0838. The molecule has 0 amide bonds. The molecule has 1 aliphatic rings. The predicted octanol–water partition coefficient (Wildman–Crippen LogP) is 5.60. The summed E-state index contributed by atoms with van der Waals surface area (Å²) < 4.78 is 2.27. The molecular formula is C23H18ClN3O. The Morgan fingerprint density at radius 2 is 1.79 bits per heavy atom. The highest BCUT2D eigenvalue weighted by atomic mass is 35.5. The van der Waals surface area contributed by atoms with Gasteiger partial charge in [-0.2, -0.15) is 0 Å². The maximum atomic E-state index is 6.02. The van der Waals surface area contributed by atoms with Crippen LogP contribution in [0, 0.1) is 0 Å². The molecule has 5 rings (SSSR count). The molecule has 0 radical (unpaired) electrons. The number of pyridine rings is 1. The summed E-state index contributed by atoms with van der Waals surface area (Å²) in [5.41, 5.74) is 5.58. The van der Waals surface area contributed by atoms with E-state index in [9.17, 15) is 0 Å². The lowest BCUT2D eigenvalue weighted by Gasteiger charge is -2.07. The number of oxime groups is 1. The van der Waals surface area contributed by atoms with Gasteiger partial charge in [0.2, 0.25) is 0 Å². The highest BCUT2D eigenvalue weighted by molar-refractivity contribution is 6.30. The zero-order chi connectivity index (χ0) is 18.9. The highest BCUT2D eigenvalue weighted by Gasteiger charge is 2.27. The largest absolute Gasteiger partial charge is 0.387 e. The van der Waals surface area contributed by atoms with Gasteiger partial charge >= 0.3 is 0 Å². The topological polar surface area (TPSA) is 39.4 Å². The van der Waals surface area contributed by atoms with E-state index >= 15 is 0 Å². The summed E-state index contributed by atoms with van der Waals surface area (Å²) in [6.45, 7) is 0.780. The highest BCUT2D eigenvalue weighted by Crippen LogP contribution is 2.35. The van der Waals surface area contributed by atoms with Crippen molar-refractivity contribution in [1.82, 2.24) is 9.55 Å². The van der Waals surface area contributed by atoms with E-state index in [1.165, 1.54) is 16.5 Å². The number of aromatic nitrogens is 2. The van der Waals surface area contributed by atoms with Crippen molar-refractivity contribution in [1.29, 1.82) is 0 Å². The summed E-state index contributed by atoms with van der Waals surface area (Å²) in [5, 5.41) is 6.29. The van der Waals surface area contributed by atoms with Crippen LogP contribution in [0.25, 0.3) is 10.9 Å². The molecule has 28 heavy (non-hydrogen) atoms. The molecule has 0 spiro atoms. The van der Waals surface area contributed by atoms with Gasteiger partial charge in [0.1, 0.15) is 0 Å². The molecule has 3 heterocycles. The van der Waals surface area contributed by atoms with Gasteiger partial charge in [-0.25, -0.2) is 0 Å². The number of fused-ring (bicyclic) bond motifs is 1. The number of rotatable bonds is 4. The quantitative estimate of drug-likeness (QED) is 0.457. The maximum Gasteiger partial charge on any atom is 0.160 e. The van der Waals surface area contributed by atoms with Crippen molar-refractivity contribution in [2.24, 2.45) is 5.16 Å². The van der Waals surface area contributed by atoms with Crippen molar-refractivity contribution in [2.45, 2.75) is 19.1 Å². The van der Waals surface area contributed by atoms with E-state index in [0.29, 0.717) is 0 Å². The minimum absolute atomic E-state index is 0.0838. The van der Waals surface area contributed by atoms with Gasteiger partial charge in [0, 0.05) is 58.6 Å². The predicted molar refractivity (Wildman–Crippen MR) is 112 cm³/mol. The zero-order valence-electron chi connectivity index (χ0n) is 15.1. The van der Waals surface area contributed by atoms with Crippen LogP contribution < -0.4 is 0 Å². The van der Waals surface area contributed by atoms with Gasteiger partial charge in [-0.15, -0.1) is 0 Å². The molecule has 2 aromatic carbocycles. The summed E-state index contributed by atoms with van der Waals surface area (Å²) in [6, 6.07) is 20.3. The first-order valence-electron chi connectivity index (χ1n) is 9.23. The average Bonchev–Trinajstić information content (AvgIpc) is 3.36. The first-order chi connectivity index (χ1) is 13.8. The van der Waals surface area contributed by atoms with E-state index in [1.807, 2.05) is 24.3 Å². The van der Waals surface area contributed by atoms with Crippen LogP contribution >= 0.6 is 11.6 Å². The van der Waals surface area contributed by atoms with Crippen molar-refractivity contribution in [3.8, 4) is 0 Å². The Hall–Kier alpha value is -3.11. The lowest BCUT2D eigenvalue weighted by atomic mass is 10.0. The van der Waals surface area contributed by atoms with E-state index in [1.54, 1.807) is 12.4 Å². The molecule has 2 aromatic heterocycles. The molecule has 138 valence electrons. The van der Waals surface area contributed by atoms with E-state index in [-0.39, 0.29) is 6.10 Å². The Kier molecular flexibility index (Phi) is 4.34. The lowest BCUT2D eigenvalue weighted by Crippen LogP contribution is -2.02. The smallest absolute Gasteiger partial charge is 0.160 e. The van der Waals surface area contributed by atoms with Crippen LogP contribution in [0.15, 0.2) is 84.4 Å². The molecule has 0 saturated carbocycles. The zero-order valence-corrected chi connectivity index (χ0v) is 15.9. The Morgan fingerprint density at radius 3 is 2.61 bits per heavy atom. The average molecular weight is 388 g/mol. The van der Waals surface area contributed by atoms with Crippen molar-refractivity contribution in [2.75, 3.05) is 0 Å². The van der Waals surface area contributed by atoms with Crippen molar-refractivity contribution < 1.29 is 4.84 Å². The molecule has 0 fully saturated rings. The Morgan fingerprint density at radius 1 is 1.00 bits per heavy atom. The summed E-state index contributed by atoms with van der Waals surface area (Å²) in [4.78, 5) is 9.91. The molecule has 4 aromatic rings. The van der Waals surface area contributed by atoms with Crippen molar-refractivity contribution in [3.63, 3.8) is 0 Å². The third-order valence-corrected chi connectivity index (χ3v) is 5.37. The number of hydrogen-bond donors (Lipinski definition) is 0. The molecule has 0 aliphatic carbocycles. The second-order valence-electron chi connectivity index (χ2n) is 6.93. The monoisotopic (exact) mass is 387 g/mol. The van der Waals surface area contributed by atoms with Crippen LogP contribution in [-0.4, -0.2) is 15.3 Å². The first-order valence-corrected chi connectivity index (χ1v) is 9.61. The summed E-state index contributed by atoms with van der Waals surface area (Å²) in [7, 11) is 0. The van der Waals surface area contributed by atoms with Gasteiger partial charge < -0.3 is 9.40 Å². The Labute approximate surface area is 168 Å². The normalized spacial score (nSPS) is 16.2. The number of benzene rings is 2. The van der Waals surface area contributed by atoms with E-state index in [0.717, 1.165) is 34.8 Å². The SMILES string of the molecule is Clc1ccc(Cn2cc(C3CC(c4ccncc4)=NO3)c3ccccc32)cc1. The molecular weight excluding hydrogens is 370 g/mol. The molecule has 4 nitrogen and oxygen atoms in total. The molecule has 1 atom stereocenters. The second kappa shape index (κ2) is 7.13. The van der Waals surface area contributed by atoms with E-state index in [2.05, 4.69) is 57.3 Å². The number of halogens is 1. The van der Waals surface area contributed by atoms with Crippen LogP contribution in [0.3, 0.4) is 0 Å². The van der Waals surface area contributed by atoms with Crippen LogP contribution in [0.1, 0.15) is 29.2 Å². The maximum absolute atomic E-state index is 6.02. The summed E-state index contributed by atoms with van der Waals surface area (Å²) >= 11 is 6.02. The summed E-state index contributed by atoms with van der Waals surface area (Å²) in [6.07, 6.45) is 6.42. The van der Waals surface area contributed by atoms with Crippen molar-refractivity contribution in [3.05, 3.63) is 101 Å². The lowest BCUT2D eigenvalue weighted by molar-refractivity contribution is 0.0866. The fourth-order valence-electron chi connectivity index (χ4n) is 3.71. The molecule has 0 N–H and O–H groups in total. The molecule has 1 unspecified atom stereocenters. The van der Waals surface area contributed by atoms with Gasteiger partial charge in [-0.05, 0) is 35.9 Å². The molecule has 0 saturated heterocycles. The summed E-state index contributed by atoms with van der Waals surface area (Å²) in [5.74, 6) is 0. The number of hydrogen-bond acceptors (Lipinski definition) is 3. The van der Waals surface area contributed by atoms with Crippen LogP contribution in [0.5, 0.6) is 0 Å². The van der Waals surface area contributed by atoms with Gasteiger partial charge in [0.05, 0.1) is 5.71 Å². The van der Waals surface area contributed by atoms with Crippen LogP contribution in [0.4, 0.5) is 0 Å². The number of para-hydroxylation sites is 1. The molecule has 5 heteroatoms. The van der Waals surface area contributed by atoms with E-state index in [4.69, 9.17) is 16.4 Å². The van der Waals surface area contributed by atoms with Crippen LogP contribution in [0.2, 0.25) is 5.02 Å². The van der Waals surface area contributed by atoms with Gasteiger partial charge in [-0.1, -0.05) is 47.1 Å². The fraction of sp³-hybridized carbons (Fsp3) is 0.130. The van der Waals surface area contributed by atoms with Gasteiger partial charge in [0.25, 0.3) is 0 Å². The Bertz CT molecular complexity index is 1150. The van der Waals surface area contributed by atoms with Crippen LogP contribution in [-0.2, 0) is 11.4 Å². The van der Waals surface area contributed by atoms with Gasteiger partial charge in [0.15, 0.2) is 6.10 Å². The third-order valence-electron chi connectivity index (χ3n) is 5.11. The molecule has 1 aliphatic heterocycles. The number of nitrogens with zero attached hydrogens (tertiary/aromatic N) is 3.